The molecule has 0 radical (unpaired) electrons. The lowest BCUT2D eigenvalue weighted by Crippen LogP contribution is -2.46. The van der Waals surface area contributed by atoms with Gasteiger partial charge in [-0.2, -0.15) is 4.98 Å². The van der Waals surface area contributed by atoms with Crippen LogP contribution in [-0.4, -0.2) is 16.2 Å². The van der Waals surface area contributed by atoms with E-state index in [1.165, 1.54) is 17.7 Å². The summed E-state index contributed by atoms with van der Waals surface area (Å²) in [4.78, 5) is 19.7. The standard InChI is InChI=1S/C29H27FN4O2/c1-4-19-9-11-22(12-10-19)27-32-28(36-33-27)25-18(3)34(24-8-6-7-20(5-2)17-24)29(35)31-26(25)21-13-15-23(30)16-14-21/h6-17,26H,4-5H2,1-3H3,(H,31,35). The Kier molecular flexibility index (Phi) is 6.38. The Balaban J connectivity index is 1.63. The second kappa shape index (κ2) is 9.77. The van der Waals surface area contributed by atoms with Crippen LogP contribution in [0.25, 0.3) is 17.0 Å². The van der Waals surface area contributed by atoms with Crippen molar-refractivity contribution < 1.29 is 13.7 Å². The number of anilines is 1. The van der Waals surface area contributed by atoms with Gasteiger partial charge in [-0.1, -0.05) is 67.5 Å². The third-order valence-electron chi connectivity index (χ3n) is 6.54. The molecule has 0 saturated carbocycles. The Morgan fingerprint density at radius 3 is 2.39 bits per heavy atom. The van der Waals surface area contributed by atoms with Gasteiger partial charge in [-0.25, -0.2) is 9.18 Å². The van der Waals surface area contributed by atoms with Gasteiger partial charge in [0, 0.05) is 11.3 Å². The Labute approximate surface area is 209 Å². The van der Waals surface area contributed by atoms with Crippen LogP contribution in [0.2, 0.25) is 0 Å². The molecule has 36 heavy (non-hydrogen) atoms. The molecule has 1 aliphatic rings. The van der Waals surface area contributed by atoms with Gasteiger partial charge in [-0.15, -0.1) is 0 Å². The number of nitrogens with one attached hydrogen (secondary N) is 1. The summed E-state index contributed by atoms with van der Waals surface area (Å²) in [7, 11) is 0. The maximum atomic E-state index is 13.7. The molecule has 1 N–H and O–H groups in total. The van der Waals surface area contributed by atoms with Crippen LogP contribution in [0.5, 0.6) is 0 Å². The highest BCUT2D eigenvalue weighted by Gasteiger charge is 2.36. The molecule has 7 heteroatoms. The monoisotopic (exact) mass is 482 g/mol. The number of benzene rings is 3. The second-order valence-electron chi connectivity index (χ2n) is 8.77. The van der Waals surface area contributed by atoms with Crippen molar-refractivity contribution in [3.8, 4) is 11.4 Å². The van der Waals surface area contributed by atoms with E-state index in [4.69, 9.17) is 9.51 Å². The third-order valence-corrected chi connectivity index (χ3v) is 6.54. The van der Waals surface area contributed by atoms with Crippen molar-refractivity contribution >= 4 is 17.3 Å². The van der Waals surface area contributed by atoms with Crippen LogP contribution < -0.4 is 10.2 Å². The fourth-order valence-corrected chi connectivity index (χ4v) is 4.49. The number of hydrogen-bond donors (Lipinski definition) is 1. The van der Waals surface area contributed by atoms with E-state index in [1.54, 1.807) is 17.0 Å². The molecule has 0 aliphatic carbocycles. The Bertz CT molecular complexity index is 1420. The molecule has 2 heterocycles. The van der Waals surface area contributed by atoms with Crippen molar-refractivity contribution in [3.05, 3.63) is 107 Å². The molecule has 0 fully saturated rings. The van der Waals surface area contributed by atoms with Crippen LogP contribution in [-0.2, 0) is 12.8 Å². The molecule has 4 aromatic rings. The lowest BCUT2D eigenvalue weighted by atomic mass is 9.94. The zero-order chi connectivity index (χ0) is 25.2. The van der Waals surface area contributed by atoms with Crippen LogP contribution in [0.1, 0.15) is 49.4 Å². The Morgan fingerprint density at radius 1 is 0.972 bits per heavy atom. The van der Waals surface area contributed by atoms with Gasteiger partial charge in [0.25, 0.3) is 5.89 Å². The molecule has 1 aliphatic heterocycles. The van der Waals surface area contributed by atoms with Crippen LogP contribution >= 0.6 is 0 Å². The van der Waals surface area contributed by atoms with Gasteiger partial charge in [0.05, 0.1) is 17.3 Å². The Hall–Kier alpha value is -4.26. The number of hydrogen-bond acceptors (Lipinski definition) is 4. The second-order valence-corrected chi connectivity index (χ2v) is 8.77. The van der Waals surface area contributed by atoms with Crippen molar-refractivity contribution in [1.29, 1.82) is 0 Å². The molecule has 0 spiro atoms. The van der Waals surface area contributed by atoms with E-state index in [-0.39, 0.29) is 11.8 Å². The molecule has 1 atom stereocenters. The van der Waals surface area contributed by atoms with Gasteiger partial charge in [-0.3, -0.25) is 4.90 Å². The minimum absolute atomic E-state index is 0.284. The quantitative estimate of drug-likeness (QED) is 0.332. The predicted octanol–water partition coefficient (Wildman–Crippen LogP) is 6.70. The highest BCUT2D eigenvalue weighted by molar-refractivity contribution is 6.01. The summed E-state index contributed by atoms with van der Waals surface area (Å²) in [6, 6.07) is 21.1. The van der Waals surface area contributed by atoms with Gasteiger partial charge in [0.15, 0.2) is 0 Å². The van der Waals surface area contributed by atoms with E-state index >= 15 is 0 Å². The number of rotatable bonds is 6. The van der Waals surface area contributed by atoms with Crippen molar-refractivity contribution in [2.75, 3.05) is 4.90 Å². The number of amides is 2. The highest BCUT2D eigenvalue weighted by Crippen LogP contribution is 2.39. The first-order chi connectivity index (χ1) is 17.5. The minimum Gasteiger partial charge on any atom is -0.334 e. The number of carbonyl (C=O) groups excluding carboxylic acids is 1. The zero-order valence-corrected chi connectivity index (χ0v) is 20.5. The van der Waals surface area contributed by atoms with Gasteiger partial charge in [0.1, 0.15) is 5.82 Å². The molecule has 5 rings (SSSR count). The summed E-state index contributed by atoms with van der Waals surface area (Å²) in [5.41, 5.74) is 5.96. The normalized spacial score (nSPS) is 15.8. The smallest absolute Gasteiger partial charge is 0.326 e. The number of allylic oxidation sites excluding steroid dienone is 1. The highest BCUT2D eigenvalue weighted by atomic mass is 19.1. The third kappa shape index (κ3) is 4.40. The van der Waals surface area contributed by atoms with E-state index in [0.29, 0.717) is 28.5 Å². The molecule has 3 aromatic carbocycles. The van der Waals surface area contributed by atoms with E-state index < -0.39 is 6.04 Å². The van der Waals surface area contributed by atoms with Crippen molar-refractivity contribution in [3.63, 3.8) is 0 Å². The molecule has 0 saturated heterocycles. The van der Waals surface area contributed by atoms with Crippen LogP contribution in [0.15, 0.2) is 83.0 Å². The summed E-state index contributed by atoms with van der Waals surface area (Å²) in [6.07, 6.45) is 1.79. The van der Waals surface area contributed by atoms with Crippen molar-refractivity contribution in [1.82, 2.24) is 15.5 Å². The minimum atomic E-state index is -0.584. The van der Waals surface area contributed by atoms with Crippen molar-refractivity contribution in [2.24, 2.45) is 0 Å². The number of aryl methyl sites for hydroxylation is 2. The maximum Gasteiger partial charge on any atom is 0.326 e. The lowest BCUT2D eigenvalue weighted by molar-refractivity contribution is 0.244. The van der Waals surface area contributed by atoms with Crippen LogP contribution in [0, 0.1) is 5.82 Å². The molecule has 2 amide bonds. The summed E-state index contributed by atoms with van der Waals surface area (Å²) in [5, 5.41) is 7.29. The summed E-state index contributed by atoms with van der Waals surface area (Å²) in [6.45, 7) is 6.04. The first-order valence-corrected chi connectivity index (χ1v) is 12.1. The summed E-state index contributed by atoms with van der Waals surface area (Å²) < 4.78 is 19.4. The van der Waals surface area contributed by atoms with Crippen LogP contribution in [0.4, 0.5) is 14.9 Å². The lowest BCUT2D eigenvalue weighted by Gasteiger charge is -2.35. The largest absolute Gasteiger partial charge is 0.334 e. The predicted molar refractivity (Wildman–Crippen MR) is 138 cm³/mol. The first kappa shape index (κ1) is 23.5. The van der Waals surface area contributed by atoms with Gasteiger partial charge in [-0.05, 0) is 60.7 Å². The number of halogens is 1. The molecular weight excluding hydrogens is 455 g/mol. The van der Waals surface area contributed by atoms with Gasteiger partial charge >= 0.3 is 6.03 Å². The maximum absolute atomic E-state index is 13.7. The molecular formula is C29H27FN4O2. The number of carbonyl (C=O) groups is 1. The molecule has 1 aromatic heterocycles. The molecule has 6 nitrogen and oxygen atoms in total. The number of urea groups is 1. The fourth-order valence-electron chi connectivity index (χ4n) is 4.49. The summed E-state index contributed by atoms with van der Waals surface area (Å²) >= 11 is 0. The van der Waals surface area contributed by atoms with Gasteiger partial charge in [0.2, 0.25) is 5.82 Å². The van der Waals surface area contributed by atoms with Gasteiger partial charge < -0.3 is 9.84 Å². The van der Waals surface area contributed by atoms with E-state index in [2.05, 4.69) is 24.3 Å². The van der Waals surface area contributed by atoms with E-state index in [9.17, 15) is 9.18 Å². The molecule has 182 valence electrons. The van der Waals surface area contributed by atoms with Crippen molar-refractivity contribution in [2.45, 2.75) is 39.7 Å². The summed E-state index contributed by atoms with van der Waals surface area (Å²) in [5.74, 6) is 0.409. The van der Waals surface area contributed by atoms with E-state index in [0.717, 1.165) is 29.7 Å². The average molecular weight is 483 g/mol. The number of nitrogens with zero attached hydrogens (tertiary/aromatic N) is 3. The average Bonchev–Trinajstić information content (AvgIpc) is 3.39. The van der Waals surface area contributed by atoms with E-state index in [1.807, 2.05) is 55.5 Å². The SMILES string of the molecule is CCc1ccc(-c2noc(C3=C(C)N(c4cccc(CC)c4)C(=O)NC3c3ccc(F)cc3)n2)cc1. The van der Waals surface area contributed by atoms with Crippen LogP contribution in [0.3, 0.4) is 0 Å². The fraction of sp³-hybridized carbons (Fsp3) is 0.207. The molecule has 1 unspecified atom stereocenters. The number of aromatic nitrogens is 2. The topological polar surface area (TPSA) is 71.3 Å². The zero-order valence-electron chi connectivity index (χ0n) is 20.5. The molecule has 0 bridgehead atoms. The first-order valence-electron chi connectivity index (χ1n) is 12.1. The Morgan fingerprint density at radius 2 is 1.69 bits per heavy atom.